The first-order valence-electron chi connectivity index (χ1n) is 9.59. The van der Waals surface area contributed by atoms with Crippen molar-refractivity contribution in [1.82, 2.24) is 5.32 Å². The summed E-state index contributed by atoms with van der Waals surface area (Å²) in [4.78, 5) is 12.8. The van der Waals surface area contributed by atoms with E-state index in [1.807, 2.05) is 38.1 Å². The fourth-order valence-corrected chi connectivity index (χ4v) is 3.13. The number of amides is 1. The number of fused-ring (bicyclic) bond motifs is 1. The Bertz CT molecular complexity index is 816. The summed E-state index contributed by atoms with van der Waals surface area (Å²) in [5.41, 5.74) is 0. The van der Waals surface area contributed by atoms with Gasteiger partial charge in [-0.3, -0.25) is 4.79 Å². The quantitative estimate of drug-likeness (QED) is 0.686. The van der Waals surface area contributed by atoms with Crippen molar-refractivity contribution in [3.05, 3.63) is 42.5 Å². The second-order valence-corrected chi connectivity index (χ2v) is 6.94. The molecule has 0 spiro atoms. The molecule has 7 heteroatoms. The zero-order valence-corrected chi connectivity index (χ0v) is 17.1. The van der Waals surface area contributed by atoms with Gasteiger partial charge in [0.25, 0.3) is 5.91 Å². The van der Waals surface area contributed by atoms with E-state index in [4.69, 9.17) is 23.7 Å². The largest absolute Gasteiger partial charge is 0.493 e. The highest BCUT2D eigenvalue weighted by Gasteiger charge is 2.38. The predicted molar refractivity (Wildman–Crippen MR) is 108 cm³/mol. The maximum atomic E-state index is 12.8. The molecule has 7 nitrogen and oxygen atoms in total. The molecule has 1 heterocycles. The van der Waals surface area contributed by atoms with Gasteiger partial charge in [-0.05, 0) is 30.2 Å². The van der Waals surface area contributed by atoms with Crippen molar-refractivity contribution in [1.29, 1.82) is 0 Å². The minimum atomic E-state index is -0.731. The molecule has 29 heavy (non-hydrogen) atoms. The monoisotopic (exact) mass is 401 g/mol. The van der Waals surface area contributed by atoms with Crippen molar-refractivity contribution in [2.75, 3.05) is 27.4 Å². The molecule has 1 aliphatic rings. The average molecular weight is 401 g/mol. The van der Waals surface area contributed by atoms with E-state index in [0.29, 0.717) is 35.3 Å². The Kier molecular flexibility index (Phi) is 6.69. The van der Waals surface area contributed by atoms with Crippen molar-refractivity contribution >= 4 is 5.91 Å². The Balaban J connectivity index is 1.59. The number of para-hydroxylation sites is 3. The summed E-state index contributed by atoms with van der Waals surface area (Å²) in [5.74, 6) is 2.72. The van der Waals surface area contributed by atoms with E-state index in [2.05, 4.69) is 5.32 Å². The van der Waals surface area contributed by atoms with Gasteiger partial charge in [0, 0.05) is 0 Å². The molecular weight excluding hydrogens is 374 g/mol. The summed E-state index contributed by atoms with van der Waals surface area (Å²) in [7, 11) is 3.13. The molecular formula is C22H27NO6. The van der Waals surface area contributed by atoms with Crippen LogP contribution in [0.2, 0.25) is 0 Å². The van der Waals surface area contributed by atoms with Gasteiger partial charge in [-0.1, -0.05) is 32.0 Å². The highest BCUT2D eigenvalue weighted by atomic mass is 16.6. The molecule has 2 aromatic rings. The molecule has 0 aromatic heterocycles. The number of ether oxygens (including phenoxy) is 5. The van der Waals surface area contributed by atoms with Gasteiger partial charge in [0.15, 0.2) is 23.0 Å². The maximum Gasteiger partial charge on any atom is 0.265 e. The van der Waals surface area contributed by atoms with E-state index in [0.717, 1.165) is 0 Å². The van der Waals surface area contributed by atoms with Crippen LogP contribution in [-0.4, -0.2) is 45.5 Å². The van der Waals surface area contributed by atoms with Crippen molar-refractivity contribution in [3.8, 4) is 28.7 Å². The van der Waals surface area contributed by atoms with Crippen LogP contribution in [0.4, 0.5) is 0 Å². The second kappa shape index (κ2) is 9.41. The van der Waals surface area contributed by atoms with Gasteiger partial charge in [0.2, 0.25) is 11.9 Å². The third-order valence-corrected chi connectivity index (χ3v) is 4.61. The van der Waals surface area contributed by atoms with Crippen LogP contribution in [0.5, 0.6) is 28.7 Å². The molecule has 2 atom stereocenters. The van der Waals surface area contributed by atoms with Crippen molar-refractivity contribution in [2.24, 2.45) is 5.92 Å². The van der Waals surface area contributed by atoms with Crippen LogP contribution in [0.15, 0.2) is 42.5 Å². The molecule has 0 radical (unpaired) electrons. The standard InChI is InChI=1S/C22H27NO6/c1-14(2)19-21(29-16-9-6-5-8-15(16)28-19)22(24)23-12-13-27-20-17(25-3)10-7-11-18(20)26-4/h5-11,14,19,21H,12-13H2,1-4H3,(H,23,24)/t19-,21-/m0/s1. The first kappa shape index (κ1) is 20.6. The van der Waals surface area contributed by atoms with E-state index in [-0.39, 0.29) is 24.5 Å². The van der Waals surface area contributed by atoms with E-state index in [1.165, 1.54) is 0 Å². The van der Waals surface area contributed by atoms with Gasteiger partial charge in [0.05, 0.1) is 20.8 Å². The first-order valence-corrected chi connectivity index (χ1v) is 9.59. The van der Waals surface area contributed by atoms with Gasteiger partial charge in [0.1, 0.15) is 12.7 Å². The van der Waals surface area contributed by atoms with Crippen LogP contribution in [0.25, 0.3) is 0 Å². The molecule has 1 aliphatic heterocycles. The Morgan fingerprint density at radius 2 is 1.62 bits per heavy atom. The Hall–Kier alpha value is -3.09. The molecule has 156 valence electrons. The lowest BCUT2D eigenvalue weighted by Gasteiger charge is -2.35. The third-order valence-electron chi connectivity index (χ3n) is 4.61. The van der Waals surface area contributed by atoms with Gasteiger partial charge < -0.3 is 29.0 Å². The Labute approximate surface area is 170 Å². The van der Waals surface area contributed by atoms with Crippen LogP contribution in [-0.2, 0) is 4.79 Å². The Morgan fingerprint density at radius 3 is 2.21 bits per heavy atom. The lowest BCUT2D eigenvalue weighted by atomic mass is 9.99. The summed E-state index contributed by atoms with van der Waals surface area (Å²) >= 11 is 0. The van der Waals surface area contributed by atoms with Gasteiger partial charge in [-0.25, -0.2) is 0 Å². The first-order chi connectivity index (χ1) is 14.0. The van der Waals surface area contributed by atoms with Crippen molar-refractivity contribution in [3.63, 3.8) is 0 Å². The second-order valence-electron chi connectivity index (χ2n) is 6.94. The fraction of sp³-hybridized carbons (Fsp3) is 0.409. The minimum absolute atomic E-state index is 0.105. The van der Waals surface area contributed by atoms with Crippen LogP contribution < -0.4 is 29.0 Å². The number of nitrogens with one attached hydrogen (secondary N) is 1. The van der Waals surface area contributed by atoms with Crippen molar-refractivity contribution < 1.29 is 28.5 Å². The molecule has 3 rings (SSSR count). The summed E-state index contributed by atoms with van der Waals surface area (Å²) < 4.78 is 28.3. The lowest BCUT2D eigenvalue weighted by molar-refractivity contribution is -0.135. The number of rotatable bonds is 8. The number of carbonyl (C=O) groups is 1. The number of hydrogen-bond donors (Lipinski definition) is 1. The fourth-order valence-electron chi connectivity index (χ4n) is 3.13. The molecule has 1 amide bonds. The highest BCUT2D eigenvalue weighted by Crippen LogP contribution is 2.37. The van der Waals surface area contributed by atoms with Crippen LogP contribution >= 0.6 is 0 Å². The van der Waals surface area contributed by atoms with E-state index >= 15 is 0 Å². The van der Waals surface area contributed by atoms with Gasteiger partial charge >= 0.3 is 0 Å². The van der Waals surface area contributed by atoms with E-state index in [1.54, 1.807) is 32.4 Å². The highest BCUT2D eigenvalue weighted by molar-refractivity contribution is 5.82. The van der Waals surface area contributed by atoms with Crippen LogP contribution in [0.3, 0.4) is 0 Å². The topological polar surface area (TPSA) is 75.2 Å². The summed E-state index contributed by atoms with van der Waals surface area (Å²) in [6.07, 6.45) is -1.11. The number of methoxy groups -OCH3 is 2. The van der Waals surface area contributed by atoms with Gasteiger partial charge in [-0.2, -0.15) is 0 Å². The number of carbonyl (C=O) groups excluding carboxylic acids is 1. The molecule has 0 bridgehead atoms. The zero-order chi connectivity index (χ0) is 20.8. The summed E-state index contributed by atoms with van der Waals surface area (Å²) in [6, 6.07) is 12.8. The van der Waals surface area contributed by atoms with Gasteiger partial charge in [-0.15, -0.1) is 0 Å². The molecule has 1 N–H and O–H groups in total. The zero-order valence-electron chi connectivity index (χ0n) is 17.1. The van der Waals surface area contributed by atoms with E-state index in [9.17, 15) is 4.79 Å². The SMILES string of the molecule is COc1cccc(OC)c1OCCNC(=O)[C@H]1Oc2ccccc2O[C@H]1C(C)C. The molecule has 0 unspecified atom stereocenters. The van der Waals surface area contributed by atoms with Crippen LogP contribution in [0, 0.1) is 5.92 Å². The molecule has 0 saturated carbocycles. The van der Waals surface area contributed by atoms with E-state index < -0.39 is 6.10 Å². The Morgan fingerprint density at radius 1 is 1.00 bits per heavy atom. The average Bonchev–Trinajstić information content (AvgIpc) is 2.75. The predicted octanol–water partition coefficient (Wildman–Crippen LogP) is 3.06. The molecule has 2 aromatic carbocycles. The van der Waals surface area contributed by atoms with Crippen LogP contribution in [0.1, 0.15) is 13.8 Å². The molecule has 0 aliphatic carbocycles. The lowest BCUT2D eigenvalue weighted by Crippen LogP contribution is -2.52. The normalized spacial score (nSPS) is 17.6. The molecule has 0 fully saturated rings. The smallest absolute Gasteiger partial charge is 0.265 e. The summed E-state index contributed by atoms with van der Waals surface area (Å²) in [5, 5.41) is 2.86. The number of benzene rings is 2. The maximum absolute atomic E-state index is 12.8. The minimum Gasteiger partial charge on any atom is -0.493 e. The third kappa shape index (κ3) is 4.67. The molecule has 0 saturated heterocycles. The number of hydrogen-bond acceptors (Lipinski definition) is 6. The van der Waals surface area contributed by atoms with Crippen molar-refractivity contribution in [2.45, 2.75) is 26.1 Å². The summed E-state index contributed by atoms with van der Waals surface area (Å²) in [6.45, 7) is 4.55.